The second kappa shape index (κ2) is 6.93. The van der Waals surface area contributed by atoms with Crippen LogP contribution >= 0.6 is 0 Å². The molecule has 7 heteroatoms. The summed E-state index contributed by atoms with van der Waals surface area (Å²) in [7, 11) is -1.92. The summed E-state index contributed by atoms with van der Waals surface area (Å²) >= 11 is 0. The van der Waals surface area contributed by atoms with Gasteiger partial charge in [-0.05, 0) is 44.9 Å². The summed E-state index contributed by atoms with van der Waals surface area (Å²) in [5.41, 5.74) is 0.793. The Balaban J connectivity index is 2.05. The van der Waals surface area contributed by atoms with Crippen LogP contribution in [-0.2, 0) is 10.2 Å². The van der Waals surface area contributed by atoms with Gasteiger partial charge in [0.05, 0.1) is 0 Å². The van der Waals surface area contributed by atoms with Gasteiger partial charge in [0.1, 0.15) is 5.82 Å². The van der Waals surface area contributed by atoms with Crippen molar-refractivity contribution >= 4 is 15.9 Å². The predicted octanol–water partition coefficient (Wildman–Crippen LogP) is 1.97. The molecule has 0 bridgehead atoms. The Morgan fingerprint density at radius 1 is 1.41 bits per heavy atom. The Morgan fingerprint density at radius 2 is 2.14 bits per heavy atom. The van der Waals surface area contributed by atoms with Gasteiger partial charge < -0.3 is 4.90 Å². The first-order chi connectivity index (χ1) is 10.3. The first-order valence-corrected chi connectivity index (χ1v) is 8.99. The van der Waals surface area contributed by atoms with Crippen molar-refractivity contribution in [1.29, 1.82) is 0 Å². The van der Waals surface area contributed by atoms with Gasteiger partial charge in [-0.3, -0.25) is 0 Å². The van der Waals surface area contributed by atoms with Gasteiger partial charge in [-0.1, -0.05) is 6.07 Å². The van der Waals surface area contributed by atoms with E-state index in [2.05, 4.69) is 4.72 Å². The molecule has 0 saturated carbocycles. The SMILES string of the molecule is CC(C)N(C)S(=O)(=O)N[C@H]1CCCN(c2cccc(F)c2)C1. The molecule has 124 valence electrons. The van der Waals surface area contributed by atoms with Crippen LogP contribution in [0, 0.1) is 5.82 Å². The fraction of sp³-hybridized carbons (Fsp3) is 0.600. The molecule has 2 rings (SSSR count). The molecule has 22 heavy (non-hydrogen) atoms. The first kappa shape index (κ1) is 17.2. The Morgan fingerprint density at radius 3 is 2.77 bits per heavy atom. The van der Waals surface area contributed by atoms with E-state index in [4.69, 9.17) is 0 Å². The van der Waals surface area contributed by atoms with E-state index in [0.29, 0.717) is 6.54 Å². The molecule has 0 unspecified atom stereocenters. The van der Waals surface area contributed by atoms with Gasteiger partial charge >= 0.3 is 0 Å². The Hall–Kier alpha value is -1.18. The third-order valence-electron chi connectivity index (χ3n) is 4.02. The van der Waals surface area contributed by atoms with Crippen molar-refractivity contribution < 1.29 is 12.8 Å². The minimum atomic E-state index is -3.49. The summed E-state index contributed by atoms with van der Waals surface area (Å²) in [5, 5.41) is 0. The van der Waals surface area contributed by atoms with E-state index >= 15 is 0 Å². The molecule has 0 aromatic heterocycles. The molecule has 0 radical (unpaired) electrons. The number of anilines is 1. The summed E-state index contributed by atoms with van der Waals surface area (Å²) in [6, 6.07) is 6.15. The van der Waals surface area contributed by atoms with Gasteiger partial charge in [0.15, 0.2) is 0 Å². The van der Waals surface area contributed by atoms with E-state index in [-0.39, 0.29) is 17.9 Å². The monoisotopic (exact) mass is 329 g/mol. The Bertz CT molecular complexity index is 607. The van der Waals surface area contributed by atoms with E-state index in [0.717, 1.165) is 25.1 Å². The molecule has 1 fully saturated rings. The molecule has 0 aliphatic carbocycles. The number of benzene rings is 1. The summed E-state index contributed by atoms with van der Waals surface area (Å²) in [6.45, 7) is 5.02. The van der Waals surface area contributed by atoms with E-state index in [9.17, 15) is 12.8 Å². The standard InChI is InChI=1S/C15H24FN3O2S/c1-12(2)18(3)22(20,21)17-14-7-5-9-19(11-14)15-8-4-6-13(16)10-15/h4,6,8,10,12,14,17H,5,7,9,11H2,1-3H3/t14-/m0/s1. The van der Waals surface area contributed by atoms with Crippen LogP contribution in [0.1, 0.15) is 26.7 Å². The van der Waals surface area contributed by atoms with Crippen molar-refractivity contribution in [1.82, 2.24) is 9.03 Å². The van der Waals surface area contributed by atoms with Crippen LogP contribution in [0.5, 0.6) is 0 Å². The van der Waals surface area contributed by atoms with Crippen molar-refractivity contribution in [2.45, 2.75) is 38.8 Å². The number of rotatable bonds is 5. The number of halogens is 1. The molecule has 0 spiro atoms. The van der Waals surface area contributed by atoms with E-state index in [1.807, 2.05) is 24.8 Å². The van der Waals surface area contributed by atoms with Crippen molar-refractivity contribution in [2.24, 2.45) is 0 Å². The Labute approximate surface area is 132 Å². The zero-order valence-corrected chi connectivity index (χ0v) is 14.1. The van der Waals surface area contributed by atoms with E-state index in [1.165, 1.54) is 16.4 Å². The van der Waals surface area contributed by atoms with E-state index < -0.39 is 10.2 Å². The highest BCUT2D eigenvalue weighted by Crippen LogP contribution is 2.21. The molecule has 1 saturated heterocycles. The average Bonchev–Trinajstić information content (AvgIpc) is 2.46. The molecule has 1 aromatic carbocycles. The van der Waals surface area contributed by atoms with Crippen LogP contribution in [0.2, 0.25) is 0 Å². The molecule has 1 aliphatic heterocycles. The van der Waals surface area contributed by atoms with Crippen molar-refractivity contribution in [3.63, 3.8) is 0 Å². The minimum Gasteiger partial charge on any atom is -0.370 e. The first-order valence-electron chi connectivity index (χ1n) is 7.55. The highest BCUT2D eigenvalue weighted by atomic mass is 32.2. The molecule has 5 nitrogen and oxygen atoms in total. The highest BCUT2D eigenvalue weighted by molar-refractivity contribution is 7.87. The fourth-order valence-electron chi connectivity index (χ4n) is 2.55. The predicted molar refractivity (Wildman–Crippen MR) is 86.6 cm³/mol. The lowest BCUT2D eigenvalue weighted by molar-refractivity contribution is 0.386. The molecular weight excluding hydrogens is 305 g/mol. The fourth-order valence-corrected chi connectivity index (χ4v) is 3.89. The molecule has 1 heterocycles. The maximum Gasteiger partial charge on any atom is 0.279 e. The number of hydrogen-bond acceptors (Lipinski definition) is 3. The molecule has 1 aromatic rings. The average molecular weight is 329 g/mol. The second-order valence-electron chi connectivity index (χ2n) is 6.00. The topological polar surface area (TPSA) is 52.7 Å². The lowest BCUT2D eigenvalue weighted by atomic mass is 10.1. The number of nitrogens with zero attached hydrogens (tertiary/aromatic N) is 2. The molecule has 0 amide bonds. The summed E-state index contributed by atoms with van der Waals surface area (Å²) in [4.78, 5) is 2.02. The van der Waals surface area contributed by atoms with Gasteiger partial charge in [-0.15, -0.1) is 0 Å². The lowest BCUT2D eigenvalue weighted by Gasteiger charge is -2.35. The number of nitrogens with one attached hydrogen (secondary N) is 1. The smallest absolute Gasteiger partial charge is 0.279 e. The highest BCUT2D eigenvalue weighted by Gasteiger charge is 2.27. The zero-order valence-electron chi connectivity index (χ0n) is 13.3. The number of hydrogen-bond donors (Lipinski definition) is 1. The maximum absolute atomic E-state index is 13.3. The van der Waals surface area contributed by atoms with Gasteiger partial charge in [0.2, 0.25) is 0 Å². The van der Waals surface area contributed by atoms with Crippen LogP contribution < -0.4 is 9.62 Å². The normalized spacial score (nSPS) is 19.9. The maximum atomic E-state index is 13.3. The van der Waals surface area contributed by atoms with Crippen molar-refractivity contribution in [2.75, 3.05) is 25.0 Å². The van der Waals surface area contributed by atoms with E-state index in [1.54, 1.807) is 13.1 Å². The van der Waals surface area contributed by atoms with Gasteiger partial charge in [0, 0.05) is 37.9 Å². The van der Waals surface area contributed by atoms with Gasteiger partial charge in [0.25, 0.3) is 10.2 Å². The van der Waals surface area contributed by atoms with Crippen LogP contribution in [0.4, 0.5) is 10.1 Å². The lowest BCUT2D eigenvalue weighted by Crippen LogP contribution is -2.52. The summed E-state index contributed by atoms with van der Waals surface area (Å²) in [6.07, 6.45) is 1.66. The second-order valence-corrected chi connectivity index (χ2v) is 7.76. The van der Waals surface area contributed by atoms with Gasteiger partial charge in [-0.25, -0.2) is 4.39 Å². The van der Waals surface area contributed by atoms with Gasteiger partial charge in [-0.2, -0.15) is 17.4 Å². The minimum absolute atomic E-state index is 0.0968. The van der Waals surface area contributed by atoms with Crippen LogP contribution in [0.25, 0.3) is 0 Å². The molecule has 1 N–H and O–H groups in total. The molecule has 1 aliphatic rings. The third-order valence-corrected chi connectivity index (χ3v) is 5.83. The third kappa shape index (κ3) is 4.18. The van der Waals surface area contributed by atoms with Crippen LogP contribution in [0.15, 0.2) is 24.3 Å². The van der Waals surface area contributed by atoms with Crippen LogP contribution in [-0.4, -0.2) is 44.9 Å². The Kier molecular flexibility index (Phi) is 5.41. The van der Waals surface area contributed by atoms with Crippen molar-refractivity contribution in [3.05, 3.63) is 30.1 Å². The molecule has 1 atom stereocenters. The number of piperidine rings is 1. The largest absolute Gasteiger partial charge is 0.370 e. The summed E-state index contributed by atoms with van der Waals surface area (Å²) < 4.78 is 42.0. The quantitative estimate of drug-likeness (QED) is 0.898. The zero-order chi connectivity index (χ0) is 16.3. The molecular formula is C15H24FN3O2S. The van der Waals surface area contributed by atoms with Crippen molar-refractivity contribution in [3.8, 4) is 0 Å². The van der Waals surface area contributed by atoms with Crippen LogP contribution in [0.3, 0.4) is 0 Å². The summed E-state index contributed by atoms with van der Waals surface area (Å²) in [5.74, 6) is -0.278.